The first-order valence-electron chi connectivity index (χ1n) is 3.27. The Morgan fingerprint density at radius 3 is 3.00 bits per heavy atom. The van der Waals surface area contributed by atoms with Gasteiger partial charge < -0.3 is 4.74 Å². The van der Waals surface area contributed by atoms with Gasteiger partial charge in [-0.15, -0.1) is 0 Å². The molecule has 0 spiro atoms. The van der Waals surface area contributed by atoms with Crippen LogP contribution in [0.4, 0.5) is 0 Å². The Kier molecular flexibility index (Phi) is 4.91. The van der Waals surface area contributed by atoms with Crippen LogP contribution in [0.3, 0.4) is 0 Å². The van der Waals surface area contributed by atoms with Crippen molar-refractivity contribution in [3.05, 3.63) is 22.3 Å². The molecule has 0 fully saturated rings. The van der Waals surface area contributed by atoms with Crippen molar-refractivity contribution in [1.82, 2.24) is 4.98 Å². The van der Waals surface area contributed by atoms with Gasteiger partial charge in [-0.3, -0.25) is 0 Å². The molecule has 5 heteroatoms. The number of aromatic nitrogens is 1. The summed E-state index contributed by atoms with van der Waals surface area (Å²) in [5.41, 5.74) is 0.712. The lowest BCUT2D eigenvalue weighted by atomic mass is 10.4. The number of nitrogens with zero attached hydrogens (tertiary/aromatic N) is 1. The summed E-state index contributed by atoms with van der Waals surface area (Å²) in [6, 6.07) is 3.71. The fourth-order valence-electron chi connectivity index (χ4n) is 0.708. The molecule has 1 aromatic heterocycles. The number of pyridine rings is 1. The summed E-state index contributed by atoms with van der Waals surface area (Å²) in [5, 5.41) is 2.86. The van der Waals surface area contributed by atoms with Crippen LogP contribution in [-0.4, -0.2) is 12.1 Å². The lowest BCUT2D eigenvalue weighted by Gasteiger charge is -2.00. The van der Waals surface area contributed by atoms with Gasteiger partial charge in [-0.05, 0) is 48.2 Å². The molecule has 0 radical (unpaired) electrons. The van der Waals surface area contributed by atoms with Gasteiger partial charge in [0, 0.05) is 21.2 Å². The minimum absolute atomic E-state index is 0.560. The third-order valence-corrected chi connectivity index (χ3v) is 2.67. The van der Waals surface area contributed by atoms with Gasteiger partial charge in [-0.2, -0.15) is 0 Å². The molecule has 0 unspecified atom stereocenters. The summed E-state index contributed by atoms with van der Waals surface area (Å²) >= 11 is 5.43. The van der Waals surface area contributed by atoms with Crippen LogP contribution in [0.15, 0.2) is 16.6 Å². The van der Waals surface area contributed by atoms with E-state index in [1.54, 1.807) is 7.11 Å². The maximum absolute atomic E-state index is 5.03. The number of hydrogen-bond donors (Lipinski definition) is 0. The molecule has 1 heterocycles. The van der Waals surface area contributed by atoms with Crippen LogP contribution in [-0.2, 0) is 0 Å². The SMILES string of the molecule is COc1nc(C#CSI)ccc1Br. The van der Waals surface area contributed by atoms with Crippen LogP contribution in [0.25, 0.3) is 0 Å². The molecular weight excluding hydrogens is 365 g/mol. The summed E-state index contributed by atoms with van der Waals surface area (Å²) in [4.78, 5) is 4.17. The predicted octanol–water partition coefficient (Wildman–Crippen LogP) is 3.24. The molecule has 0 saturated carbocycles. The number of ether oxygens (including phenoxy) is 1. The Balaban J connectivity index is 2.99. The highest BCUT2D eigenvalue weighted by Gasteiger charge is 2.00. The zero-order chi connectivity index (χ0) is 9.68. The Bertz CT molecular complexity index is 361. The third kappa shape index (κ3) is 3.37. The van der Waals surface area contributed by atoms with Gasteiger partial charge in [0.2, 0.25) is 5.88 Å². The Morgan fingerprint density at radius 2 is 2.38 bits per heavy atom. The van der Waals surface area contributed by atoms with Crippen LogP contribution in [0.1, 0.15) is 5.69 Å². The first-order chi connectivity index (χ1) is 6.27. The topological polar surface area (TPSA) is 22.1 Å². The molecule has 0 saturated heterocycles. The minimum Gasteiger partial charge on any atom is -0.480 e. The van der Waals surface area contributed by atoms with Gasteiger partial charge in [-0.25, -0.2) is 4.98 Å². The number of hydrogen-bond acceptors (Lipinski definition) is 3. The van der Waals surface area contributed by atoms with Crippen molar-refractivity contribution in [3.8, 4) is 17.1 Å². The van der Waals surface area contributed by atoms with E-state index in [0.29, 0.717) is 11.6 Å². The van der Waals surface area contributed by atoms with Crippen molar-refractivity contribution in [2.45, 2.75) is 0 Å². The van der Waals surface area contributed by atoms with Crippen molar-refractivity contribution in [1.29, 1.82) is 0 Å². The second-order valence-corrected chi connectivity index (χ2v) is 4.53. The average molecular weight is 370 g/mol. The molecular formula is C8H5BrINOS. The molecule has 0 aromatic carbocycles. The molecule has 68 valence electrons. The van der Waals surface area contributed by atoms with Gasteiger partial charge in [-0.1, -0.05) is 0 Å². The molecule has 13 heavy (non-hydrogen) atoms. The summed E-state index contributed by atoms with van der Waals surface area (Å²) in [7, 11) is 3.01. The highest BCUT2D eigenvalue weighted by molar-refractivity contribution is 14.2. The summed E-state index contributed by atoms with van der Waals surface area (Å²) in [6.45, 7) is 0. The fraction of sp³-hybridized carbons (Fsp3) is 0.125. The molecule has 0 amide bonds. The first kappa shape index (κ1) is 11.1. The van der Waals surface area contributed by atoms with E-state index < -0.39 is 0 Å². The maximum Gasteiger partial charge on any atom is 0.228 e. The second kappa shape index (κ2) is 5.73. The standard InChI is InChI=1S/C8H5BrINOS/c1-12-8-7(9)3-2-6(11-8)4-5-13-10/h2-3H,1H3. The molecule has 1 rings (SSSR count). The van der Waals surface area contributed by atoms with Gasteiger partial charge >= 0.3 is 0 Å². The van der Waals surface area contributed by atoms with Crippen LogP contribution < -0.4 is 4.74 Å². The van der Waals surface area contributed by atoms with Crippen molar-refractivity contribution in [3.63, 3.8) is 0 Å². The summed E-state index contributed by atoms with van der Waals surface area (Å²) in [6.07, 6.45) is 0. The van der Waals surface area contributed by atoms with E-state index in [4.69, 9.17) is 4.74 Å². The van der Waals surface area contributed by atoms with Crippen LogP contribution in [0.2, 0.25) is 0 Å². The third-order valence-electron chi connectivity index (χ3n) is 1.22. The Morgan fingerprint density at radius 1 is 1.62 bits per heavy atom. The number of rotatable bonds is 1. The highest BCUT2D eigenvalue weighted by Crippen LogP contribution is 2.21. The van der Waals surface area contributed by atoms with Crippen molar-refractivity contribution < 1.29 is 4.74 Å². The minimum atomic E-state index is 0.560. The molecule has 0 bridgehead atoms. The second-order valence-electron chi connectivity index (χ2n) is 1.99. The fourth-order valence-corrected chi connectivity index (χ4v) is 1.56. The molecule has 2 nitrogen and oxygen atoms in total. The maximum atomic E-state index is 5.03. The number of methoxy groups -OCH3 is 1. The molecule has 0 aliphatic carbocycles. The van der Waals surface area contributed by atoms with Gasteiger partial charge in [0.25, 0.3) is 0 Å². The molecule has 0 atom stereocenters. The van der Waals surface area contributed by atoms with Crippen LogP contribution >= 0.6 is 46.1 Å². The zero-order valence-corrected chi connectivity index (χ0v) is 11.2. The van der Waals surface area contributed by atoms with Crippen LogP contribution in [0.5, 0.6) is 5.88 Å². The summed E-state index contributed by atoms with van der Waals surface area (Å²) in [5.74, 6) is 3.45. The molecule has 0 N–H and O–H groups in total. The quantitative estimate of drug-likeness (QED) is 0.560. The molecule has 1 aromatic rings. The monoisotopic (exact) mass is 369 g/mol. The van der Waals surface area contributed by atoms with Crippen molar-refractivity contribution in [2.24, 2.45) is 0 Å². The van der Waals surface area contributed by atoms with E-state index >= 15 is 0 Å². The zero-order valence-electron chi connectivity index (χ0n) is 6.67. The van der Waals surface area contributed by atoms with Gasteiger partial charge in [0.1, 0.15) is 5.69 Å². The van der Waals surface area contributed by atoms with E-state index in [1.807, 2.05) is 12.1 Å². The lowest BCUT2D eigenvalue weighted by molar-refractivity contribution is 0.394. The smallest absolute Gasteiger partial charge is 0.228 e. The first-order valence-corrected chi connectivity index (χ1v) is 7.42. The van der Waals surface area contributed by atoms with E-state index in [1.165, 1.54) is 8.93 Å². The largest absolute Gasteiger partial charge is 0.480 e. The normalized spacial score (nSPS) is 8.85. The Labute approximate surface area is 102 Å². The van der Waals surface area contributed by atoms with E-state index in [9.17, 15) is 0 Å². The summed E-state index contributed by atoms with van der Waals surface area (Å²) < 4.78 is 5.87. The van der Waals surface area contributed by atoms with E-state index in [-0.39, 0.29) is 0 Å². The number of halogens is 2. The molecule has 0 aliphatic heterocycles. The molecule has 0 aliphatic rings. The van der Waals surface area contributed by atoms with Crippen LogP contribution in [0, 0.1) is 11.2 Å². The average Bonchev–Trinajstić information content (AvgIpc) is 2.16. The predicted molar refractivity (Wildman–Crippen MR) is 67.0 cm³/mol. The van der Waals surface area contributed by atoms with Gasteiger partial charge in [0.15, 0.2) is 0 Å². The van der Waals surface area contributed by atoms with E-state index in [0.717, 1.165) is 4.47 Å². The highest BCUT2D eigenvalue weighted by atomic mass is 127. The van der Waals surface area contributed by atoms with Crippen molar-refractivity contribution >= 4 is 46.1 Å². The lowest BCUT2D eigenvalue weighted by Crippen LogP contribution is -1.90. The van der Waals surface area contributed by atoms with Crippen molar-refractivity contribution in [2.75, 3.05) is 7.11 Å². The van der Waals surface area contributed by atoms with Gasteiger partial charge in [0.05, 0.1) is 11.6 Å². The Hall–Kier alpha value is 0.0700. The van der Waals surface area contributed by atoms with E-state index in [2.05, 4.69) is 53.3 Å².